The second kappa shape index (κ2) is 10.3. The average Bonchev–Trinajstić information content (AvgIpc) is 2.10. The fourth-order valence-electron chi connectivity index (χ4n) is 1.08. The van der Waals surface area contributed by atoms with Crippen molar-refractivity contribution in [3.05, 3.63) is 0 Å². The van der Waals surface area contributed by atoms with Crippen LogP contribution in [0.4, 0.5) is 0 Å². The SMILES string of the molecule is CN=CCCCCCCC=NC. The fraction of sp³-hybridized carbons (Fsp3) is 0.800. The van der Waals surface area contributed by atoms with Crippen LogP contribution in [0.25, 0.3) is 0 Å². The zero-order valence-corrected chi connectivity index (χ0v) is 8.29. The molecule has 0 spiro atoms. The van der Waals surface area contributed by atoms with Gasteiger partial charge in [-0.05, 0) is 38.1 Å². The summed E-state index contributed by atoms with van der Waals surface area (Å²) in [5.41, 5.74) is 0. The zero-order chi connectivity index (χ0) is 9.07. The molecule has 0 aliphatic rings. The summed E-state index contributed by atoms with van der Waals surface area (Å²) < 4.78 is 0. The van der Waals surface area contributed by atoms with Crippen molar-refractivity contribution in [2.24, 2.45) is 9.98 Å². The lowest BCUT2D eigenvalue weighted by Crippen LogP contribution is -1.81. The van der Waals surface area contributed by atoms with Crippen molar-refractivity contribution in [2.75, 3.05) is 14.1 Å². The van der Waals surface area contributed by atoms with E-state index in [1.54, 1.807) is 0 Å². The van der Waals surface area contributed by atoms with Gasteiger partial charge in [-0.15, -0.1) is 0 Å². The smallest absolute Gasteiger partial charge is 0.0273 e. The van der Waals surface area contributed by atoms with E-state index in [4.69, 9.17) is 0 Å². The van der Waals surface area contributed by atoms with Crippen molar-refractivity contribution < 1.29 is 0 Å². The summed E-state index contributed by atoms with van der Waals surface area (Å²) in [7, 11) is 3.66. The first-order valence-electron chi connectivity index (χ1n) is 4.73. The van der Waals surface area contributed by atoms with Crippen molar-refractivity contribution in [1.82, 2.24) is 0 Å². The molecule has 0 fully saturated rings. The fourth-order valence-corrected chi connectivity index (χ4v) is 1.08. The highest BCUT2D eigenvalue weighted by Crippen LogP contribution is 2.03. The van der Waals surface area contributed by atoms with Gasteiger partial charge in [-0.2, -0.15) is 0 Å². The van der Waals surface area contributed by atoms with Gasteiger partial charge >= 0.3 is 0 Å². The number of aliphatic imine (C=N–C) groups is 2. The molecule has 0 rings (SSSR count). The van der Waals surface area contributed by atoms with Gasteiger partial charge in [0.2, 0.25) is 0 Å². The second-order valence-corrected chi connectivity index (χ2v) is 2.87. The first-order valence-corrected chi connectivity index (χ1v) is 4.73. The molecule has 0 aromatic carbocycles. The van der Waals surface area contributed by atoms with E-state index in [1.807, 2.05) is 26.5 Å². The van der Waals surface area contributed by atoms with E-state index in [1.165, 1.54) is 25.7 Å². The first-order chi connectivity index (χ1) is 5.91. The monoisotopic (exact) mass is 168 g/mol. The molecule has 0 aliphatic heterocycles. The Bertz CT molecular complexity index is 112. The van der Waals surface area contributed by atoms with Gasteiger partial charge in [0.05, 0.1) is 0 Å². The summed E-state index contributed by atoms with van der Waals surface area (Å²) in [6.45, 7) is 0. The summed E-state index contributed by atoms with van der Waals surface area (Å²) >= 11 is 0. The molecule has 0 heterocycles. The Balaban J connectivity index is 2.91. The van der Waals surface area contributed by atoms with Crippen molar-refractivity contribution >= 4 is 12.4 Å². The van der Waals surface area contributed by atoms with Gasteiger partial charge < -0.3 is 9.98 Å². The molecule has 70 valence electrons. The minimum Gasteiger partial charge on any atom is -0.301 e. The van der Waals surface area contributed by atoms with Crippen molar-refractivity contribution in [2.45, 2.75) is 38.5 Å². The van der Waals surface area contributed by atoms with Gasteiger partial charge in [0, 0.05) is 14.1 Å². The third-order valence-electron chi connectivity index (χ3n) is 1.78. The Morgan fingerprint density at radius 2 is 1.17 bits per heavy atom. The first kappa shape index (κ1) is 11.3. The summed E-state index contributed by atoms with van der Waals surface area (Å²) in [6, 6.07) is 0. The van der Waals surface area contributed by atoms with Crippen LogP contribution >= 0.6 is 0 Å². The number of hydrogen-bond donors (Lipinski definition) is 0. The van der Waals surface area contributed by atoms with E-state index < -0.39 is 0 Å². The summed E-state index contributed by atoms with van der Waals surface area (Å²) in [5, 5.41) is 0. The quantitative estimate of drug-likeness (QED) is 0.412. The lowest BCUT2D eigenvalue weighted by Gasteiger charge is -1.95. The van der Waals surface area contributed by atoms with Gasteiger partial charge in [-0.25, -0.2) is 0 Å². The number of unbranched alkanes of at least 4 members (excludes halogenated alkanes) is 5. The molecule has 0 amide bonds. The zero-order valence-electron chi connectivity index (χ0n) is 8.29. The molecule has 0 N–H and O–H groups in total. The van der Waals surface area contributed by atoms with Gasteiger partial charge in [-0.3, -0.25) is 0 Å². The molecule has 2 heteroatoms. The second-order valence-electron chi connectivity index (χ2n) is 2.87. The summed E-state index contributed by atoms with van der Waals surface area (Å²) in [5.74, 6) is 0. The largest absolute Gasteiger partial charge is 0.301 e. The van der Waals surface area contributed by atoms with Crippen LogP contribution in [0.3, 0.4) is 0 Å². The predicted octanol–water partition coefficient (Wildman–Crippen LogP) is 2.73. The highest BCUT2D eigenvalue weighted by Gasteiger charge is 1.87. The Labute approximate surface area is 75.8 Å². The maximum Gasteiger partial charge on any atom is 0.0273 e. The molecular formula is C10H20N2. The Morgan fingerprint density at radius 1 is 0.750 bits per heavy atom. The number of rotatable bonds is 7. The van der Waals surface area contributed by atoms with E-state index in [0.717, 1.165) is 12.8 Å². The van der Waals surface area contributed by atoms with Crippen molar-refractivity contribution in [3.8, 4) is 0 Å². The molecule has 0 aromatic rings. The standard InChI is InChI=1S/C10H20N2/c1-11-9-7-5-3-4-6-8-10-12-2/h9-10H,3-8H2,1-2H3. The third kappa shape index (κ3) is 9.34. The minimum atomic E-state index is 1.14. The topological polar surface area (TPSA) is 24.7 Å². The highest BCUT2D eigenvalue weighted by molar-refractivity contribution is 5.57. The maximum absolute atomic E-state index is 3.94. The normalized spacial score (nSPS) is 11.8. The molecule has 0 saturated carbocycles. The van der Waals surface area contributed by atoms with Gasteiger partial charge in [0.1, 0.15) is 0 Å². The van der Waals surface area contributed by atoms with Crippen LogP contribution in [0.5, 0.6) is 0 Å². The van der Waals surface area contributed by atoms with Gasteiger partial charge in [0.25, 0.3) is 0 Å². The molecule has 0 radical (unpaired) electrons. The van der Waals surface area contributed by atoms with Crippen LogP contribution in [-0.4, -0.2) is 26.5 Å². The summed E-state index contributed by atoms with van der Waals surface area (Å²) in [4.78, 5) is 7.87. The Hall–Kier alpha value is -0.660. The molecule has 0 aliphatic carbocycles. The van der Waals surface area contributed by atoms with Crippen LogP contribution in [0, 0.1) is 0 Å². The number of nitrogens with zero attached hydrogens (tertiary/aromatic N) is 2. The Morgan fingerprint density at radius 3 is 1.50 bits per heavy atom. The molecule has 0 aromatic heterocycles. The van der Waals surface area contributed by atoms with E-state index in [9.17, 15) is 0 Å². The summed E-state index contributed by atoms with van der Waals surface area (Å²) in [6.07, 6.45) is 11.5. The lowest BCUT2D eigenvalue weighted by molar-refractivity contribution is 0.671. The van der Waals surface area contributed by atoms with E-state index in [0.29, 0.717) is 0 Å². The molecular weight excluding hydrogens is 148 g/mol. The predicted molar refractivity (Wildman–Crippen MR) is 56.5 cm³/mol. The lowest BCUT2D eigenvalue weighted by atomic mass is 10.1. The van der Waals surface area contributed by atoms with E-state index in [-0.39, 0.29) is 0 Å². The van der Waals surface area contributed by atoms with Crippen LogP contribution in [-0.2, 0) is 0 Å². The Kier molecular flexibility index (Phi) is 9.77. The van der Waals surface area contributed by atoms with Crippen molar-refractivity contribution in [3.63, 3.8) is 0 Å². The molecule has 0 unspecified atom stereocenters. The maximum atomic E-state index is 3.94. The van der Waals surface area contributed by atoms with E-state index in [2.05, 4.69) is 9.98 Å². The van der Waals surface area contributed by atoms with Crippen LogP contribution in [0.15, 0.2) is 9.98 Å². The van der Waals surface area contributed by atoms with Gasteiger partial charge in [-0.1, -0.05) is 12.8 Å². The highest BCUT2D eigenvalue weighted by atomic mass is 14.6. The third-order valence-corrected chi connectivity index (χ3v) is 1.78. The van der Waals surface area contributed by atoms with Gasteiger partial charge in [0.15, 0.2) is 0 Å². The molecule has 2 nitrogen and oxygen atoms in total. The molecule has 0 atom stereocenters. The van der Waals surface area contributed by atoms with E-state index >= 15 is 0 Å². The minimum absolute atomic E-state index is 1.14. The van der Waals surface area contributed by atoms with Crippen molar-refractivity contribution in [1.29, 1.82) is 0 Å². The average molecular weight is 168 g/mol. The molecule has 12 heavy (non-hydrogen) atoms. The molecule has 0 bridgehead atoms. The molecule has 0 saturated heterocycles. The van der Waals surface area contributed by atoms with Crippen LogP contribution < -0.4 is 0 Å². The van der Waals surface area contributed by atoms with Crippen LogP contribution in [0.1, 0.15) is 38.5 Å². The van der Waals surface area contributed by atoms with Crippen LogP contribution in [0.2, 0.25) is 0 Å². The number of hydrogen-bond acceptors (Lipinski definition) is 2.